The van der Waals surface area contributed by atoms with Crippen LogP contribution in [0.25, 0.3) is 27.5 Å². The molecule has 0 unspecified atom stereocenters. The van der Waals surface area contributed by atoms with Crippen LogP contribution in [0, 0.1) is 78.6 Å². The van der Waals surface area contributed by atoms with Crippen molar-refractivity contribution in [3.8, 4) is 5.69 Å². The summed E-state index contributed by atoms with van der Waals surface area (Å²) >= 11 is 0. The maximum absolute atomic E-state index is 3.94. The van der Waals surface area contributed by atoms with Gasteiger partial charge in [-0.3, -0.25) is 0 Å². The quantitative estimate of drug-likeness (QED) is 0.124. The molecule has 0 aliphatic carbocycles. The molecule has 360 valence electrons. The Bertz CT molecular complexity index is 3180. The molecule has 0 amide bonds. The third-order valence-electron chi connectivity index (χ3n) is 13.1. The number of anilines is 9. The van der Waals surface area contributed by atoms with Crippen LogP contribution in [-0.4, -0.2) is 18.7 Å². The first kappa shape index (κ1) is 48.5. The maximum atomic E-state index is 3.94. The fourth-order valence-electron chi connectivity index (χ4n) is 9.21. The van der Waals surface area contributed by atoms with Gasteiger partial charge in [0.1, 0.15) is 0 Å². The number of hydrogen-bond donors (Lipinski definition) is 0. The van der Waals surface area contributed by atoms with Crippen molar-refractivity contribution in [3.05, 3.63) is 244 Å². The first-order chi connectivity index (χ1) is 34.1. The van der Waals surface area contributed by atoms with E-state index in [-0.39, 0.29) is 42.1 Å². The summed E-state index contributed by atoms with van der Waals surface area (Å²) in [6.45, 7) is 16.9. The molecular weight excluding hydrogens is 1250 g/mol. The van der Waals surface area contributed by atoms with E-state index in [4.69, 9.17) is 0 Å². The van der Waals surface area contributed by atoms with Crippen LogP contribution in [0.3, 0.4) is 0 Å². The smallest absolute Gasteiger partial charge is 0.518 e. The van der Waals surface area contributed by atoms with Crippen LogP contribution < -0.4 is 44.1 Å². The summed E-state index contributed by atoms with van der Waals surface area (Å²) in [4.78, 5) is 19.2. The summed E-state index contributed by atoms with van der Waals surface area (Å²) in [5.41, 5.74) is 16.1. The van der Waals surface area contributed by atoms with E-state index < -0.39 is 0 Å². The summed E-state index contributed by atoms with van der Waals surface area (Å²) in [6, 6.07) is 58.6. The van der Waals surface area contributed by atoms with Crippen molar-refractivity contribution in [2.45, 2.75) is 27.7 Å². The molecule has 0 atom stereocenters. The van der Waals surface area contributed by atoms with Gasteiger partial charge in [-0.1, -0.05) is 81.8 Å². The molecule has 10 nitrogen and oxygen atoms in total. The zero-order chi connectivity index (χ0) is 47.6. The largest absolute Gasteiger partial charge is 4.00 e. The van der Waals surface area contributed by atoms with Crippen LogP contribution in [0.4, 0.5) is 51.2 Å². The molecule has 12 heteroatoms. The van der Waals surface area contributed by atoms with Gasteiger partial charge in [-0.2, -0.15) is 40.7 Å². The average Bonchev–Trinajstić information content (AvgIpc) is 4.25. The minimum atomic E-state index is 0. The van der Waals surface area contributed by atoms with Crippen LogP contribution in [0.1, 0.15) is 22.3 Å². The molecule has 0 spiro atoms. The molecule has 12 rings (SSSR count). The topological polar surface area (TPSA) is 34.1 Å². The summed E-state index contributed by atoms with van der Waals surface area (Å²) in [7, 11) is 4.17. The molecule has 0 fully saturated rings. The summed E-state index contributed by atoms with van der Waals surface area (Å²) < 4.78 is 2.23. The predicted octanol–water partition coefficient (Wildman–Crippen LogP) is 12.9. The van der Waals surface area contributed by atoms with Crippen LogP contribution >= 0.6 is 0 Å². The summed E-state index contributed by atoms with van der Waals surface area (Å²) in [5.74, 6) is 0. The minimum Gasteiger partial charge on any atom is -0.518 e. The second-order valence-corrected chi connectivity index (χ2v) is 18.3. The molecule has 0 bridgehead atoms. The Morgan fingerprint density at radius 1 is 0.347 bits per heavy atom. The van der Waals surface area contributed by atoms with Gasteiger partial charge in [-0.25, -0.2) is 17.1 Å². The Morgan fingerprint density at radius 2 is 0.639 bits per heavy atom. The van der Waals surface area contributed by atoms with Crippen molar-refractivity contribution in [3.63, 3.8) is 0 Å². The molecule has 4 aliphatic heterocycles. The van der Waals surface area contributed by atoms with Crippen LogP contribution in [0.15, 0.2) is 171 Å². The van der Waals surface area contributed by atoms with Crippen molar-refractivity contribution in [1.82, 2.24) is 4.57 Å². The van der Waals surface area contributed by atoms with Gasteiger partial charge in [0.25, 0.3) is 0 Å². The zero-order valence-corrected chi connectivity index (χ0v) is 45.1. The Morgan fingerprint density at radius 3 is 0.958 bits per heavy atom. The molecule has 0 N–H and O–H groups in total. The maximum Gasteiger partial charge on any atom is 4.00 e. The Balaban J connectivity index is 0.00000298. The van der Waals surface area contributed by atoms with E-state index in [1.165, 1.54) is 22.3 Å². The minimum absolute atomic E-state index is 0. The standard InChI is InChI=1S/C60H50N10.2Pt/c1-43-7-15-47(16-8-43)62-27-29-66(39-62)51-23-25-54-55-26-24-52(67-30-28-63(40-67)48-17-9-44(2)10-18-48)36-57(55)70(56(54)35-51)53-37-58(68-33-31-64(41-68)49-19-11-45(3)12-20-49)60(61(5)6)59(38-53)69-34-32-65(42-69)50-21-13-46(4)14-22-50;;/h7-34,39-42H,1-6H3;;/q-8;2*+4. The van der Waals surface area contributed by atoms with Gasteiger partial charge in [-0.05, 0) is 140 Å². The van der Waals surface area contributed by atoms with Gasteiger partial charge in [0.2, 0.25) is 0 Å². The SMILES string of the molecule is Cc1ccc(N2C=CN(c3[c-]c4c(cc3)c3ccc(N5C=CN(c6ccc(C)cc6)[CH-]5)[c-]c3n4-c3[c-]c(N4C=CN(c5ccc(C)cc5)[CH-]4)c(N(C)C)c(N4C=CN(c5ccc(C)cc5)[CH-]4)[c-]3)[CH-]2)cc1.[Pt+4].[Pt+4]. The zero-order valence-electron chi connectivity index (χ0n) is 40.6. The molecule has 72 heavy (non-hydrogen) atoms. The van der Waals surface area contributed by atoms with Crippen molar-refractivity contribution >= 4 is 73.0 Å². The van der Waals surface area contributed by atoms with Crippen molar-refractivity contribution < 1.29 is 42.1 Å². The van der Waals surface area contributed by atoms with E-state index in [1.54, 1.807) is 0 Å². The fourth-order valence-corrected chi connectivity index (χ4v) is 9.21. The number of nitrogens with zero attached hydrogens (tertiary/aromatic N) is 10. The van der Waals surface area contributed by atoms with Crippen LogP contribution in [-0.2, 0) is 42.1 Å². The van der Waals surface area contributed by atoms with E-state index in [0.29, 0.717) is 5.69 Å². The van der Waals surface area contributed by atoms with E-state index in [0.717, 1.165) is 73.0 Å². The van der Waals surface area contributed by atoms with Gasteiger partial charge >= 0.3 is 42.1 Å². The van der Waals surface area contributed by atoms with Gasteiger partial charge in [0.05, 0.1) is 0 Å². The van der Waals surface area contributed by atoms with E-state index in [9.17, 15) is 0 Å². The van der Waals surface area contributed by atoms with E-state index in [1.807, 2.05) is 0 Å². The Hall–Kier alpha value is -7.12. The molecule has 0 radical (unpaired) electrons. The molecule has 5 heterocycles. The van der Waals surface area contributed by atoms with Crippen molar-refractivity contribution in [1.29, 1.82) is 0 Å². The average molecular weight is 1300 g/mol. The van der Waals surface area contributed by atoms with Gasteiger partial charge < -0.3 is 60.8 Å². The Labute approximate surface area is 452 Å². The second kappa shape index (κ2) is 19.8. The van der Waals surface area contributed by atoms with Gasteiger partial charge in [0.15, 0.2) is 0 Å². The number of benzene rings is 7. The van der Waals surface area contributed by atoms with Gasteiger partial charge in [-0.15, -0.1) is 50.2 Å². The van der Waals surface area contributed by atoms with Crippen molar-refractivity contribution in [2.24, 2.45) is 0 Å². The third kappa shape index (κ3) is 9.07. The number of rotatable bonds is 10. The predicted molar refractivity (Wildman–Crippen MR) is 289 cm³/mol. The molecular formula is C60H50N10Pt2. The number of hydrogen-bond acceptors (Lipinski definition) is 9. The first-order valence-electron chi connectivity index (χ1n) is 23.4. The summed E-state index contributed by atoms with van der Waals surface area (Å²) in [6.07, 6.45) is 16.7. The fraction of sp³-hybridized carbons (Fsp3) is 0.100. The first-order valence-corrected chi connectivity index (χ1v) is 23.4. The third-order valence-corrected chi connectivity index (χ3v) is 13.1. The number of aryl methyl sites for hydroxylation is 4. The van der Waals surface area contributed by atoms with Crippen LogP contribution in [0.5, 0.6) is 0 Å². The molecule has 0 saturated carbocycles. The molecule has 4 aliphatic rings. The van der Waals surface area contributed by atoms with E-state index in [2.05, 4.69) is 312 Å². The monoisotopic (exact) mass is 1300 g/mol. The molecule has 1 aromatic heterocycles. The molecule has 7 aromatic carbocycles. The summed E-state index contributed by atoms with van der Waals surface area (Å²) in [5, 5.41) is 2.08. The van der Waals surface area contributed by atoms with Gasteiger partial charge in [0, 0.05) is 22.7 Å². The van der Waals surface area contributed by atoms with Crippen molar-refractivity contribution in [2.75, 3.05) is 58.2 Å². The van der Waals surface area contributed by atoms with Crippen LogP contribution in [0.2, 0.25) is 0 Å². The number of aromatic nitrogens is 1. The second-order valence-electron chi connectivity index (χ2n) is 18.3. The Kier molecular flexibility index (Phi) is 13.4. The molecule has 0 saturated heterocycles. The molecule has 8 aromatic rings. The van der Waals surface area contributed by atoms with E-state index >= 15 is 0 Å². The normalized spacial score (nSPS) is 15.0. The number of fused-ring (bicyclic) bond motifs is 3.